The fourth-order valence-electron chi connectivity index (χ4n) is 4.70. The molecule has 0 radical (unpaired) electrons. The van der Waals surface area contributed by atoms with Crippen LogP contribution in [-0.4, -0.2) is 54.0 Å². The van der Waals surface area contributed by atoms with Gasteiger partial charge in [-0.3, -0.25) is 14.6 Å². The molecule has 2 N–H and O–H groups in total. The Balaban J connectivity index is 1.21. The Labute approximate surface area is 165 Å². The first kappa shape index (κ1) is 18.9. The van der Waals surface area contributed by atoms with Gasteiger partial charge >= 0.3 is 0 Å². The number of rotatable bonds is 5. The number of hydrogen-bond acceptors (Lipinski definition) is 6. The molecule has 0 aromatic heterocycles. The average molecular weight is 381 g/mol. The fourth-order valence-corrected chi connectivity index (χ4v) is 4.70. The van der Waals surface area contributed by atoms with E-state index < -0.39 is 0 Å². The van der Waals surface area contributed by atoms with Gasteiger partial charge in [0.1, 0.15) is 6.04 Å². The molecule has 1 aliphatic carbocycles. The first-order valence-electron chi connectivity index (χ1n) is 10.3. The van der Waals surface area contributed by atoms with Crippen LogP contribution in [0.2, 0.25) is 0 Å². The smallest absolute Gasteiger partial charge is 0.237 e. The predicted molar refractivity (Wildman–Crippen MR) is 105 cm³/mol. The number of nitrogens with one attached hydrogen (secondary N) is 2. The number of aliphatic imine (C=N–C) groups is 1. The number of nitrogens with zero attached hydrogens (tertiary/aromatic N) is 3. The molecule has 1 saturated heterocycles. The molecule has 28 heavy (non-hydrogen) atoms. The van der Waals surface area contributed by atoms with E-state index in [0.717, 1.165) is 56.2 Å². The van der Waals surface area contributed by atoms with Gasteiger partial charge in [0, 0.05) is 30.3 Å². The van der Waals surface area contributed by atoms with E-state index in [1.54, 1.807) is 11.1 Å². The number of hydrogen-bond donors (Lipinski definition) is 2. The van der Waals surface area contributed by atoms with Gasteiger partial charge in [0.25, 0.3) is 0 Å². The lowest BCUT2D eigenvalue weighted by molar-refractivity contribution is -0.130. The molecule has 0 aromatic rings. The Morgan fingerprint density at radius 1 is 1.29 bits per heavy atom. The van der Waals surface area contributed by atoms with E-state index in [9.17, 15) is 9.59 Å². The number of Topliss-reactive ketones (excluding diaryl/α,β-unsaturated/α-hetero) is 1. The van der Waals surface area contributed by atoms with Gasteiger partial charge in [-0.15, -0.1) is 0 Å². The van der Waals surface area contributed by atoms with Gasteiger partial charge < -0.3 is 15.5 Å². The van der Waals surface area contributed by atoms with Gasteiger partial charge in [-0.25, -0.2) is 0 Å². The Morgan fingerprint density at radius 2 is 2.11 bits per heavy atom. The van der Waals surface area contributed by atoms with Crippen molar-refractivity contribution in [2.45, 2.75) is 63.1 Å². The SMILES string of the molecule is N#C[C@@H]1CCCN1C(=O)CN[C@H]1CC[C@H](C(=O)C2CC=C3C=NC=C3N2)CC1. The van der Waals surface area contributed by atoms with Crippen molar-refractivity contribution in [1.29, 1.82) is 5.26 Å². The largest absolute Gasteiger partial charge is 0.373 e. The summed E-state index contributed by atoms with van der Waals surface area (Å²) in [4.78, 5) is 31.1. The van der Waals surface area contributed by atoms with Gasteiger partial charge in [0.15, 0.2) is 5.78 Å². The van der Waals surface area contributed by atoms with Crippen molar-refractivity contribution < 1.29 is 9.59 Å². The van der Waals surface area contributed by atoms with Crippen LogP contribution in [0.5, 0.6) is 0 Å². The van der Waals surface area contributed by atoms with Crippen LogP contribution in [0.3, 0.4) is 0 Å². The first-order chi connectivity index (χ1) is 13.7. The van der Waals surface area contributed by atoms with Gasteiger partial charge in [-0.05, 0) is 44.9 Å². The Bertz CT molecular complexity index is 770. The predicted octanol–water partition coefficient (Wildman–Crippen LogP) is 1.43. The maximum absolute atomic E-state index is 12.9. The summed E-state index contributed by atoms with van der Waals surface area (Å²) in [6.45, 7) is 0.972. The van der Waals surface area contributed by atoms with E-state index in [1.807, 2.05) is 6.21 Å². The number of fused-ring (bicyclic) bond motifs is 1. The van der Waals surface area contributed by atoms with Crippen molar-refractivity contribution in [1.82, 2.24) is 15.5 Å². The molecule has 0 spiro atoms. The quantitative estimate of drug-likeness (QED) is 0.751. The lowest BCUT2D eigenvalue weighted by Gasteiger charge is -2.32. The summed E-state index contributed by atoms with van der Waals surface area (Å²) in [5.74, 6) is 0.403. The van der Waals surface area contributed by atoms with Crippen molar-refractivity contribution >= 4 is 17.9 Å². The minimum atomic E-state index is -0.263. The second kappa shape index (κ2) is 8.27. The number of nitriles is 1. The highest BCUT2D eigenvalue weighted by atomic mass is 16.2. The van der Waals surface area contributed by atoms with Crippen molar-refractivity contribution in [2.75, 3.05) is 13.1 Å². The number of amides is 1. The van der Waals surface area contributed by atoms with Crippen LogP contribution in [0, 0.1) is 17.2 Å². The summed E-state index contributed by atoms with van der Waals surface area (Å²) in [5, 5.41) is 15.8. The van der Waals surface area contributed by atoms with E-state index in [2.05, 4.69) is 27.8 Å². The van der Waals surface area contributed by atoms with Crippen molar-refractivity contribution in [3.63, 3.8) is 0 Å². The van der Waals surface area contributed by atoms with E-state index >= 15 is 0 Å². The van der Waals surface area contributed by atoms with Crippen molar-refractivity contribution in [2.24, 2.45) is 10.9 Å². The van der Waals surface area contributed by atoms with Gasteiger partial charge in [-0.1, -0.05) is 6.08 Å². The molecule has 1 amide bonds. The molecule has 4 rings (SSSR count). The third-order valence-electron chi connectivity index (χ3n) is 6.37. The number of carbonyl (C=O) groups excluding carboxylic acids is 2. The zero-order valence-electron chi connectivity index (χ0n) is 16.1. The average Bonchev–Trinajstić information content (AvgIpc) is 3.40. The number of likely N-dealkylation sites (tertiary alicyclic amines) is 1. The molecule has 3 heterocycles. The molecule has 4 aliphatic rings. The highest BCUT2D eigenvalue weighted by Gasteiger charge is 2.33. The summed E-state index contributed by atoms with van der Waals surface area (Å²) in [6, 6.07) is 2.07. The minimum Gasteiger partial charge on any atom is -0.373 e. The molecule has 0 aromatic carbocycles. The number of allylic oxidation sites excluding steroid dienone is 1. The normalized spacial score (nSPS) is 31.5. The molecule has 3 aliphatic heterocycles. The standard InChI is InChI=1S/C21H27N5O2/c22-10-17-2-1-9-26(17)20(27)13-24-16-6-3-14(4-7-16)21(28)18-8-5-15-11-23-12-19(15)25-18/h5,11-12,14,16-18,24-25H,1-4,6-9,13H2/t14-,16-,17-,18?/m0/s1. The molecule has 148 valence electrons. The Morgan fingerprint density at radius 3 is 2.89 bits per heavy atom. The first-order valence-corrected chi connectivity index (χ1v) is 10.3. The fraction of sp³-hybridized carbons (Fsp3) is 0.619. The Kier molecular flexibility index (Phi) is 5.58. The third kappa shape index (κ3) is 3.88. The van der Waals surface area contributed by atoms with Crippen LogP contribution >= 0.6 is 0 Å². The molecule has 7 heteroatoms. The highest BCUT2D eigenvalue weighted by Crippen LogP contribution is 2.29. The van der Waals surface area contributed by atoms with Crippen LogP contribution in [0.25, 0.3) is 0 Å². The lowest BCUT2D eigenvalue weighted by Crippen LogP contribution is -2.46. The summed E-state index contributed by atoms with van der Waals surface area (Å²) in [5.41, 5.74) is 2.04. The second-order valence-electron chi connectivity index (χ2n) is 8.12. The third-order valence-corrected chi connectivity index (χ3v) is 6.37. The van der Waals surface area contributed by atoms with Gasteiger partial charge in [-0.2, -0.15) is 5.26 Å². The van der Waals surface area contributed by atoms with Crippen molar-refractivity contribution in [3.8, 4) is 6.07 Å². The summed E-state index contributed by atoms with van der Waals surface area (Å²) in [6.07, 6.45) is 11.6. The molecule has 2 atom stereocenters. The van der Waals surface area contributed by atoms with Crippen molar-refractivity contribution in [3.05, 3.63) is 23.5 Å². The van der Waals surface area contributed by atoms with Crippen LogP contribution in [0.4, 0.5) is 0 Å². The molecule has 0 bridgehead atoms. The summed E-state index contributed by atoms with van der Waals surface area (Å²) >= 11 is 0. The Hall–Kier alpha value is -2.46. The topological polar surface area (TPSA) is 97.6 Å². The minimum absolute atomic E-state index is 0.0169. The molecular weight excluding hydrogens is 354 g/mol. The van der Waals surface area contributed by atoms with E-state index in [0.29, 0.717) is 12.3 Å². The zero-order valence-corrected chi connectivity index (χ0v) is 16.1. The maximum atomic E-state index is 12.9. The maximum Gasteiger partial charge on any atom is 0.237 e. The molecule has 1 saturated carbocycles. The molecule has 2 fully saturated rings. The summed E-state index contributed by atoms with van der Waals surface area (Å²) in [7, 11) is 0. The zero-order chi connectivity index (χ0) is 19.5. The number of carbonyl (C=O) groups is 2. The van der Waals surface area contributed by atoms with E-state index in [-0.39, 0.29) is 36.5 Å². The van der Waals surface area contributed by atoms with Crippen LogP contribution in [-0.2, 0) is 9.59 Å². The van der Waals surface area contributed by atoms with Crippen LogP contribution in [0.1, 0.15) is 44.9 Å². The van der Waals surface area contributed by atoms with E-state index in [4.69, 9.17) is 5.26 Å². The van der Waals surface area contributed by atoms with Crippen LogP contribution in [0.15, 0.2) is 28.5 Å². The van der Waals surface area contributed by atoms with E-state index in [1.165, 1.54) is 0 Å². The molecular formula is C21H27N5O2. The second-order valence-corrected chi connectivity index (χ2v) is 8.12. The lowest BCUT2D eigenvalue weighted by atomic mass is 9.80. The highest BCUT2D eigenvalue weighted by molar-refractivity contribution is 5.92. The summed E-state index contributed by atoms with van der Waals surface area (Å²) < 4.78 is 0. The van der Waals surface area contributed by atoms with Gasteiger partial charge in [0.2, 0.25) is 5.91 Å². The van der Waals surface area contributed by atoms with Crippen LogP contribution < -0.4 is 10.6 Å². The number of ketones is 1. The monoisotopic (exact) mass is 381 g/mol. The molecule has 7 nitrogen and oxygen atoms in total. The van der Waals surface area contributed by atoms with Gasteiger partial charge in [0.05, 0.1) is 30.6 Å². The molecule has 1 unspecified atom stereocenters.